The van der Waals surface area contributed by atoms with Crippen molar-refractivity contribution in [3.8, 4) is 0 Å². The first-order chi connectivity index (χ1) is 10.6. The number of anilines is 1. The minimum atomic E-state index is -0.201. The van der Waals surface area contributed by atoms with E-state index < -0.39 is 0 Å². The van der Waals surface area contributed by atoms with Crippen LogP contribution in [0.1, 0.15) is 11.3 Å². The lowest BCUT2D eigenvalue weighted by molar-refractivity contribution is -0.111. The highest BCUT2D eigenvalue weighted by atomic mass is 35.5. The van der Waals surface area contributed by atoms with Gasteiger partial charge in [0, 0.05) is 22.2 Å². The molecule has 0 fully saturated rings. The third-order valence-corrected chi connectivity index (χ3v) is 3.53. The van der Waals surface area contributed by atoms with Gasteiger partial charge in [-0.05, 0) is 48.9 Å². The predicted octanol–water partition coefficient (Wildman–Crippen LogP) is 5.05. The quantitative estimate of drug-likeness (QED) is 0.688. The molecule has 1 heterocycles. The summed E-state index contributed by atoms with van der Waals surface area (Å²) in [7, 11) is 0. The molecule has 0 atom stereocenters. The van der Waals surface area contributed by atoms with Crippen LogP contribution in [0, 0.1) is 6.92 Å². The maximum Gasteiger partial charge on any atom is 0.248 e. The Kier molecular flexibility index (Phi) is 3.98. The fraction of sp³-hybridized carbons (Fsp3) is 0.0556. The van der Waals surface area contributed by atoms with Gasteiger partial charge in [0.15, 0.2) is 0 Å². The van der Waals surface area contributed by atoms with Gasteiger partial charge in [-0.2, -0.15) is 0 Å². The van der Waals surface area contributed by atoms with Crippen molar-refractivity contribution in [1.29, 1.82) is 0 Å². The van der Waals surface area contributed by atoms with Crippen molar-refractivity contribution < 1.29 is 9.21 Å². The summed E-state index contributed by atoms with van der Waals surface area (Å²) in [5.74, 6) is 0.407. The average molecular weight is 312 g/mol. The highest BCUT2D eigenvalue weighted by Crippen LogP contribution is 2.23. The lowest BCUT2D eigenvalue weighted by Crippen LogP contribution is -2.08. The molecule has 0 unspecified atom stereocenters. The summed E-state index contributed by atoms with van der Waals surface area (Å²) in [6.45, 7) is 1.95. The van der Waals surface area contributed by atoms with Gasteiger partial charge >= 0.3 is 0 Å². The molecule has 0 saturated carbocycles. The number of carbonyl (C=O) groups excluding carboxylic acids is 1. The van der Waals surface area contributed by atoms with Crippen LogP contribution in [0.25, 0.3) is 17.0 Å². The van der Waals surface area contributed by atoms with E-state index in [0.717, 1.165) is 22.2 Å². The van der Waals surface area contributed by atoms with E-state index in [-0.39, 0.29) is 5.91 Å². The SMILES string of the molecule is Cc1ccccc1NC(=O)/C=C/c1cc2cc(Cl)ccc2o1. The lowest BCUT2D eigenvalue weighted by Gasteiger charge is -2.04. The number of fused-ring (bicyclic) bond motifs is 1. The Morgan fingerprint density at radius 3 is 2.82 bits per heavy atom. The largest absolute Gasteiger partial charge is 0.457 e. The molecule has 0 spiro atoms. The zero-order valence-electron chi connectivity index (χ0n) is 12.0. The molecule has 4 heteroatoms. The van der Waals surface area contributed by atoms with Gasteiger partial charge in [-0.15, -0.1) is 0 Å². The third kappa shape index (κ3) is 3.21. The number of nitrogens with one attached hydrogen (secondary N) is 1. The topological polar surface area (TPSA) is 42.2 Å². The molecule has 1 amide bonds. The van der Waals surface area contributed by atoms with Gasteiger partial charge in [0.05, 0.1) is 0 Å². The summed E-state index contributed by atoms with van der Waals surface area (Å²) in [5, 5.41) is 4.40. The Hall–Kier alpha value is -2.52. The second-order valence-corrected chi connectivity index (χ2v) is 5.40. The van der Waals surface area contributed by atoms with E-state index in [9.17, 15) is 4.79 Å². The van der Waals surface area contributed by atoms with Crippen molar-refractivity contribution in [3.05, 3.63) is 71.0 Å². The molecule has 0 aliphatic heterocycles. The molecule has 2 aromatic carbocycles. The molecule has 0 saturated heterocycles. The Balaban J connectivity index is 1.75. The maximum absolute atomic E-state index is 11.9. The van der Waals surface area contributed by atoms with Gasteiger partial charge in [0.1, 0.15) is 11.3 Å². The van der Waals surface area contributed by atoms with Gasteiger partial charge in [0.2, 0.25) is 5.91 Å². The molecule has 3 aromatic rings. The van der Waals surface area contributed by atoms with Crippen molar-refractivity contribution in [2.45, 2.75) is 6.92 Å². The normalized spacial score (nSPS) is 11.2. The average Bonchev–Trinajstić information content (AvgIpc) is 2.89. The Morgan fingerprint density at radius 1 is 1.18 bits per heavy atom. The fourth-order valence-electron chi connectivity index (χ4n) is 2.16. The van der Waals surface area contributed by atoms with Crippen molar-refractivity contribution in [2.75, 3.05) is 5.32 Å². The van der Waals surface area contributed by atoms with Crippen molar-refractivity contribution in [1.82, 2.24) is 0 Å². The molecule has 0 bridgehead atoms. The standard InChI is InChI=1S/C18H14ClNO2/c1-12-4-2-3-5-16(12)20-18(21)9-7-15-11-13-10-14(19)6-8-17(13)22-15/h2-11H,1H3,(H,20,21)/b9-7+. The number of rotatable bonds is 3. The Labute approximate surface area is 133 Å². The van der Waals surface area contributed by atoms with Crippen LogP contribution >= 0.6 is 11.6 Å². The van der Waals surface area contributed by atoms with Gasteiger partial charge in [-0.25, -0.2) is 0 Å². The number of benzene rings is 2. The number of halogens is 1. The Morgan fingerprint density at radius 2 is 2.00 bits per heavy atom. The van der Waals surface area contributed by atoms with E-state index in [0.29, 0.717) is 10.8 Å². The van der Waals surface area contributed by atoms with Crippen molar-refractivity contribution in [3.63, 3.8) is 0 Å². The van der Waals surface area contributed by atoms with Gasteiger partial charge in [-0.1, -0.05) is 29.8 Å². The fourth-order valence-corrected chi connectivity index (χ4v) is 2.34. The highest BCUT2D eigenvalue weighted by molar-refractivity contribution is 6.31. The number of hydrogen-bond acceptors (Lipinski definition) is 2. The van der Waals surface area contributed by atoms with E-state index in [1.165, 1.54) is 6.08 Å². The van der Waals surface area contributed by atoms with E-state index >= 15 is 0 Å². The number of hydrogen-bond donors (Lipinski definition) is 1. The van der Waals surface area contributed by atoms with Crippen molar-refractivity contribution >= 4 is 40.2 Å². The van der Waals surface area contributed by atoms with Crippen LogP contribution in [0.5, 0.6) is 0 Å². The number of aryl methyl sites for hydroxylation is 1. The molecule has 1 N–H and O–H groups in total. The molecule has 0 aliphatic carbocycles. The van der Waals surface area contributed by atoms with E-state index in [2.05, 4.69) is 5.32 Å². The number of carbonyl (C=O) groups is 1. The number of para-hydroxylation sites is 1. The molecule has 110 valence electrons. The molecule has 3 nitrogen and oxygen atoms in total. The monoisotopic (exact) mass is 311 g/mol. The number of furan rings is 1. The van der Waals surface area contributed by atoms with E-state index in [1.807, 2.05) is 49.4 Å². The van der Waals surface area contributed by atoms with Gasteiger partial charge in [-0.3, -0.25) is 4.79 Å². The van der Waals surface area contributed by atoms with Crippen LogP contribution < -0.4 is 5.32 Å². The number of amides is 1. The molecular formula is C18H14ClNO2. The van der Waals surface area contributed by atoms with Crippen LogP contribution in [-0.4, -0.2) is 5.91 Å². The molecule has 0 aliphatic rings. The summed E-state index contributed by atoms with van der Waals surface area (Å²) < 4.78 is 5.62. The second-order valence-electron chi connectivity index (χ2n) is 4.97. The zero-order valence-corrected chi connectivity index (χ0v) is 12.7. The Bertz CT molecular complexity index is 864. The van der Waals surface area contributed by atoms with Crippen LogP contribution in [0.3, 0.4) is 0 Å². The second kappa shape index (κ2) is 6.08. The predicted molar refractivity (Wildman–Crippen MR) is 90.1 cm³/mol. The molecule has 22 heavy (non-hydrogen) atoms. The zero-order chi connectivity index (χ0) is 15.5. The summed E-state index contributed by atoms with van der Waals surface area (Å²) in [6, 6.07) is 14.9. The van der Waals surface area contributed by atoms with Crippen molar-refractivity contribution in [2.24, 2.45) is 0 Å². The lowest BCUT2D eigenvalue weighted by atomic mass is 10.2. The van der Waals surface area contributed by atoms with E-state index in [1.54, 1.807) is 12.1 Å². The van der Waals surface area contributed by atoms with Crippen LogP contribution in [0.15, 0.2) is 59.0 Å². The minimum absolute atomic E-state index is 0.201. The van der Waals surface area contributed by atoms with Gasteiger partial charge in [0.25, 0.3) is 0 Å². The molecular weight excluding hydrogens is 298 g/mol. The first-order valence-corrected chi connectivity index (χ1v) is 7.23. The maximum atomic E-state index is 11.9. The summed E-state index contributed by atoms with van der Waals surface area (Å²) >= 11 is 5.94. The first-order valence-electron chi connectivity index (χ1n) is 6.85. The smallest absolute Gasteiger partial charge is 0.248 e. The minimum Gasteiger partial charge on any atom is -0.457 e. The van der Waals surface area contributed by atoms with Crippen LogP contribution in [0.4, 0.5) is 5.69 Å². The summed E-state index contributed by atoms with van der Waals surface area (Å²) in [6.07, 6.45) is 3.09. The third-order valence-electron chi connectivity index (χ3n) is 3.30. The van der Waals surface area contributed by atoms with Crippen LogP contribution in [0.2, 0.25) is 5.02 Å². The van der Waals surface area contributed by atoms with E-state index in [4.69, 9.17) is 16.0 Å². The summed E-state index contributed by atoms with van der Waals surface area (Å²) in [4.78, 5) is 11.9. The van der Waals surface area contributed by atoms with Crippen LogP contribution in [-0.2, 0) is 4.79 Å². The van der Waals surface area contributed by atoms with Gasteiger partial charge < -0.3 is 9.73 Å². The molecule has 3 rings (SSSR count). The molecule has 1 aromatic heterocycles. The first kappa shape index (κ1) is 14.4. The highest BCUT2D eigenvalue weighted by Gasteiger charge is 2.04. The summed E-state index contributed by atoms with van der Waals surface area (Å²) in [5.41, 5.74) is 2.56. The molecule has 0 radical (unpaired) electrons.